The number of hydrogen-bond acceptors (Lipinski definition) is 4. The van der Waals surface area contributed by atoms with E-state index in [1.165, 1.54) is 22.5 Å². The van der Waals surface area contributed by atoms with Crippen LogP contribution in [-0.4, -0.2) is 15.7 Å². The highest BCUT2D eigenvalue weighted by molar-refractivity contribution is 7.12. The molecule has 0 aliphatic carbocycles. The first-order chi connectivity index (χ1) is 11.9. The number of anilines is 1. The molecule has 0 aliphatic rings. The minimum Gasteiger partial charge on any atom is -0.489 e. The van der Waals surface area contributed by atoms with Crippen molar-refractivity contribution in [3.63, 3.8) is 0 Å². The molecule has 25 heavy (non-hydrogen) atoms. The second kappa shape index (κ2) is 7.11. The highest BCUT2D eigenvalue weighted by atomic mass is 32.1. The van der Waals surface area contributed by atoms with E-state index in [1.807, 2.05) is 43.6 Å². The molecule has 1 amide bonds. The molecule has 3 aromatic rings. The van der Waals surface area contributed by atoms with Gasteiger partial charge in [0.05, 0.1) is 16.3 Å². The van der Waals surface area contributed by atoms with E-state index >= 15 is 0 Å². The molecule has 1 N–H and O–H groups in total. The summed E-state index contributed by atoms with van der Waals surface area (Å²) in [6, 6.07) is 7.91. The Morgan fingerprint density at radius 2 is 2.04 bits per heavy atom. The van der Waals surface area contributed by atoms with Gasteiger partial charge in [-0.25, -0.2) is 0 Å². The Balaban J connectivity index is 1.62. The molecule has 0 saturated heterocycles. The van der Waals surface area contributed by atoms with Crippen LogP contribution in [0.1, 0.15) is 32.1 Å². The van der Waals surface area contributed by atoms with Gasteiger partial charge in [0.2, 0.25) is 0 Å². The van der Waals surface area contributed by atoms with Gasteiger partial charge in [-0.15, -0.1) is 11.3 Å². The van der Waals surface area contributed by atoms with Crippen molar-refractivity contribution in [2.24, 2.45) is 7.05 Å². The topological polar surface area (TPSA) is 56.1 Å². The fourth-order valence-electron chi connectivity index (χ4n) is 2.45. The monoisotopic (exact) mass is 355 g/mol. The van der Waals surface area contributed by atoms with E-state index in [4.69, 9.17) is 4.74 Å². The second-order valence-corrected chi connectivity index (χ2v) is 7.02. The van der Waals surface area contributed by atoms with Crippen LogP contribution in [0.2, 0.25) is 0 Å². The molecular weight excluding hydrogens is 334 g/mol. The third-order valence-corrected chi connectivity index (χ3v) is 5.00. The molecule has 2 aromatic heterocycles. The molecular formula is C19H21N3O2S. The van der Waals surface area contributed by atoms with E-state index in [-0.39, 0.29) is 5.91 Å². The van der Waals surface area contributed by atoms with Gasteiger partial charge in [-0.3, -0.25) is 9.48 Å². The number of ether oxygens (including phenoxy) is 1. The van der Waals surface area contributed by atoms with Crippen molar-refractivity contribution >= 4 is 22.9 Å². The SMILES string of the molecule is Cc1ccc(OCc2csc(C(=O)Nc3cn(C)nc3C)c2)cc1C. The minimum atomic E-state index is -0.126. The van der Waals surface area contributed by atoms with Crippen LogP contribution >= 0.6 is 11.3 Å². The zero-order valence-electron chi connectivity index (χ0n) is 14.8. The first kappa shape index (κ1) is 17.2. The largest absolute Gasteiger partial charge is 0.489 e. The van der Waals surface area contributed by atoms with Gasteiger partial charge < -0.3 is 10.1 Å². The van der Waals surface area contributed by atoms with Gasteiger partial charge in [-0.1, -0.05) is 6.07 Å². The summed E-state index contributed by atoms with van der Waals surface area (Å²) in [6.07, 6.45) is 1.80. The smallest absolute Gasteiger partial charge is 0.265 e. The molecule has 5 nitrogen and oxygen atoms in total. The zero-order chi connectivity index (χ0) is 18.0. The average molecular weight is 355 g/mol. The van der Waals surface area contributed by atoms with E-state index in [1.54, 1.807) is 10.9 Å². The maximum Gasteiger partial charge on any atom is 0.265 e. The van der Waals surface area contributed by atoms with Crippen LogP contribution < -0.4 is 10.1 Å². The molecule has 0 radical (unpaired) electrons. The van der Waals surface area contributed by atoms with Crippen molar-refractivity contribution in [1.29, 1.82) is 0 Å². The Kier molecular flexibility index (Phi) is 4.90. The number of thiophene rings is 1. The molecule has 130 valence electrons. The maximum atomic E-state index is 12.4. The van der Waals surface area contributed by atoms with E-state index in [9.17, 15) is 4.79 Å². The average Bonchev–Trinajstić information content (AvgIpc) is 3.15. The lowest BCUT2D eigenvalue weighted by Gasteiger charge is -2.07. The third-order valence-electron chi connectivity index (χ3n) is 4.02. The Morgan fingerprint density at radius 1 is 1.24 bits per heavy atom. The summed E-state index contributed by atoms with van der Waals surface area (Å²) >= 11 is 1.41. The van der Waals surface area contributed by atoms with E-state index in [0.29, 0.717) is 11.5 Å². The van der Waals surface area contributed by atoms with Crippen molar-refractivity contribution in [1.82, 2.24) is 9.78 Å². The molecule has 6 heteroatoms. The van der Waals surface area contributed by atoms with Crippen LogP contribution in [0, 0.1) is 20.8 Å². The number of aromatic nitrogens is 2. The fourth-order valence-corrected chi connectivity index (χ4v) is 3.24. The van der Waals surface area contributed by atoms with Gasteiger partial charge in [0, 0.05) is 18.8 Å². The van der Waals surface area contributed by atoms with Crippen LogP contribution in [0.3, 0.4) is 0 Å². The molecule has 3 rings (SSSR count). The Hall–Kier alpha value is -2.60. The van der Waals surface area contributed by atoms with Crippen molar-refractivity contribution in [3.05, 3.63) is 63.1 Å². The number of amides is 1. The first-order valence-electron chi connectivity index (χ1n) is 8.01. The standard InChI is InChI=1S/C19H21N3O2S/c1-12-5-6-16(7-13(12)2)24-10-15-8-18(25-11-15)19(23)20-17-9-22(4)21-14(17)3/h5-9,11H,10H2,1-4H3,(H,20,23). The molecule has 0 saturated carbocycles. The van der Waals surface area contributed by atoms with Gasteiger partial charge >= 0.3 is 0 Å². The molecule has 0 bridgehead atoms. The molecule has 0 spiro atoms. The number of rotatable bonds is 5. The van der Waals surface area contributed by atoms with Crippen LogP contribution in [0.15, 0.2) is 35.8 Å². The highest BCUT2D eigenvalue weighted by Crippen LogP contribution is 2.21. The van der Waals surface area contributed by atoms with E-state index in [2.05, 4.69) is 24.3 Å². The zero-order valence-corrected chi connectivity index (χ0v) is 15.6. The van der Waals surface area contributed by atoms with Gasteiger partial charge in [0.1, 0.15) is 12.4 Å². The lowest BCUT2D eigenvalue weighted by atomic mass is 10.1. The summed E-state index contributed by atoms with van der Waals surface area (Å²) < 4.78 is 7.51. The third kappa shape index (κ3) is 4.09. The van der Waals surface area contributed by atoms with Crippen LogP contribution in [-0.2, 0) is 13.7 Å². The Morgan fingerprint density at radius 3 is 2.72 bits per heavy atom. The minimum absolute atomic E-state index is 0.126. The van der Waals surface area contributed by atoms with Crippen molar-refractivity contribution in [2.45, 2.75) is 27.4 Å². The summed E-state index contributed by atoms with van der Waals surface area (Å²) in [5, 5.41) is 9.07. The lowest BCUT2D eigenvalue weighted by Crippen LogP contribution is -2.10. The van der Waals surface area contributed by atoms with E-state index in [0.717, 1.165) is 22.7 Å². The number of aryl methyl sites for hydroxylation is 4. The van der Waals surface area contributed by atoms with Gasteiger partial charge in [-0.2, -0.15) is 5.10 Å². The number of carbonyl (C=O) groups is 1. The number of benzene rings is 1. The predicted molar refractivity (Wildman–Crippen MR) is 100 cm³/mol. The molecule has 0 aliphatic heterocycles. The summed E-state index contributed by atoms with van der Waals surface area (Å²) in [5.41, 5.74) is 4.96. The number of hydrogen-bond donors (Lipinski definition) is 1. The molecule has 0 unspecified atom stereocenters. The Bertz CT molecular complexity index is 911. The van der Waals surface area contributed by atoms with Gasteiger partial charge in [0.25, 0.3) is 5.91 Å². The summed E-state index contributed by atoms with van der Waals surface area (Å²) in [6.45, 7) is 6.45. The van der Waals surface area contributed by atoms with Gasteiger partial charge in [-0.05, 0) is 55.5 Å². The van der Waals surface area contributed by atoms with Crippen LogP contribution in [0.25, 0.3) is 0 Å². The first-order valence-corrected chi connectivity index (χ1v) is 8.89. The van der Waals surface area contributed by atoms with Crippen LogP contribution in [0.5, 0.6) is 5.75 Å². The summed E-state index contributed by atoms with van der Waals surface area (Å²) in [7, 11) is 1.83. The lowest BCUT2D eigenvalue weighted by molar-refractivity contribution is 0.103. The molecule has 0 atom stereocenters. The highest BCUT2D eigenvalue weighted by Gasteiger charge is 2.12. The normalized spacial score (nSPS) is 10.7. The van der Waals surface area contributed by atoms with Gasteiger partial charge in [0.15, 0.2) is 0 Å². The maximum absolute atomic E-state index is 12.4. The number of carbonyl (C=O) groups excluding carboxylic acids is 1. The van der Waals surface area contributed by atoms with Crippen LogP contribution in [0.4, 0.5) is 5.69 Å². The number of nitrogens with zero attached hydrogens (tertiary/aromatic N) is 2. The Labute approximate surface area is 151 Å². The number of nitrogens with one attached hydrogen (secondary N) is 1. The quantitative estimate of drug-likeness (QED) is 0.745. The second-order valence-electron chi connectivity index (χ2n) is 6.11. The van der Waals surface area contributed by atoms with Crippen molar-refractivity contribution < 1.29 is 9.53 Å². The van der Waals surface area contributed by atoms with Crippen molar-refractivity contribution in [3.8, 4) is 5.75 Å². The summed E-state index contributed by atoms with van der Waals surface area (Å²) in [5.74, 6) is 0.713. The molecule has 1 aromatic carbocycles. The summed E-state index contributed by atoms with van der Waals surface area (Å²) in [4.78, 5) is 13.0. The van der Waals surface area contributed by atoms with Crippen molar-refractivity contribution in [2.75, 3.05) is 5.32 Å². The molecule has 2 heterocycles. The molecule has 0 fully saturated rings. The van der Waals surface area contributed by atoms with E-state index < -0.39 is 0 Å². The fraction of sp³-hybridized carbons (Fsp3) is 0.263. The predicted octanol–water partition coefficient (Wildman–Crippen LogP) is 4.24.